The fourth-order valence-corrected chi connectivity index (χ4v) is 2.98. The van der Waals surface area contributed by atoms with Crippen molar-refractivity contribution in [2.75, 3.05) is 11.2 Å². The van der Waals surface area contributed by atoms with E-state index in [1.165, 1.54) is 11.3 Å². The second-order valence-electron chi connectivity index (χ2n) is 4.27. The number of benzene rings is 1. The molecule has 0 saturated heterocycles. The molecular formula is C14H14BrClN2OS. The van der Waals surface area contributed by atoms with E-state index in [1.807, 2.05) is 31.2 Å². The number of amides is 1. The van der Waals surface area contributed by atoms with Crippen LogP contribution >= 0.6 is 38.9 Å². The smallest absolute Gasteiger partial charge is 0.226 e. The first-order valence-electron chi connectivity index (χ1n) is 6.19. The lowest BCUT2D eigenvalue weighted by molar-refractivity contribution is -0.116. The van der Waals surface area contributed by atoms with E-state index in [0.717, 1.165) is 20.6 Å². The molecule has 2 rings (SSSR count). The van der Waals surface area contributed by atoms with Gasteiger partial charge in [0.25, 0.3) is 0 Å². The quantitative estimate of drug-likeness (QED) is 0.762. The van der Waals surface area contributed by atoms with Gasteiger partial charge < -0.3 is 5.32 Å². The second-order valence-corrected chi connectivity index (χ2v) is 6.77. The highest BCUT2D eigenvalue weighted by molar-refractivity contribution is 9.10. The van der Waals surface area contributed by atoms with Gasteiger partial charge in [0.05, 0.1) is 5.69 Å². The number of hydrogen-bond donors (Lipinski definition) is 1. The van der Waals surface area contributed by atoms with Crippen molar-refractivity contribution < 1.29 is 4.79 Å². The number of alkyl halides is 1. The number of nitrogens with zero attached hydrogens (tertiary/aromatic N) is 1. The Balaban J connectivity index is 2.13. The molecule has 1 heterocycles. The average Bonchev–Trinajstić information content (AvgIpc) is 2.78. The van der Waals surface area contributed by atoms with E-state index in [4.69, 9.17) is 11.6 Å². The van der Waals surface area contributed by atoms with Gasteiger partial charge in [-0.3, -0.25) is 4.79 Å². The SMILES string of the molecule is Cc1sc(NC(=O)CCCCl)nc1-c1ccc(Br)cc1. The number of aryl methyl sites for hydroxylation is 1. The lowest BCUT2D eigenvalue weighted by atomic mass is 10.1. The molecule has 0 aliphatic heterocycles. The largest absolute Gasteiger partial charge is 0.302 e. The van der Waals surface area contributed by atoms with Crippen LogP contribution in [0.4, 0.5) is 5.13 Å². The number of thiazole rings is 1. The van der Waals surface area contributed by atoms with E-state index in [-0.39, 0.29) is 5.91 Å². The van der Waals surface area contributed by atoms with Crippen molar-refractivity contribution in [1.82, 2.24) is 4.98 Å². The summed E-state index contributed by atoms with van der Waals surface area (Å²) in [5.41, 5.74) is 1.96. The molecule has 0 spiro atoms. The normalized spacial score (nSPS) is 10.6. The van der Waals surface area contributed by atoms with Crippen LogP contribution in [-0.4, -0.2) is 16.8 Å². The zero-order chi connectivity index (χ0) is 14.5. The molecule has 0 aliphatic carbocycles. The van der Waals surface area contributed by atoms with E-state index in [1.54, 1.807) is 0 Å². The standard InChI is InChI=1S/C14H14BrClN2OS/c1-9-13(10-4-6-11(15)7-5-10)18-14(20-9)17-12(19)3-2-8-16/h4-7H,2-3,8H2,1H3,(H,17,18,19). The minimum Gasteiger partial charge on any atom is -0.302 e. The Morgan fingerprint density at radius 2 is 2.10 bits per heavy atom. The molecule has 0 unspecified atom stereocenters. The summed E-state index contributed by atoms with van der Waals surface area (Å²) < 4.78 is 1.03. The van der Waals surface area contributed by atoms with Gasteiger partial charge in [-0.2, -0.15) is 0 Å². The average molecular weight is 374 g/mol. The van der Waals surface area contributed by atoms with Crippen LogP contribution in [0.3, 0.4) is 0 Å². The number of halogens is 2. The zero-order valence-electron chi connectivity index (χ0n) is 11.0. The number of rotatable bonds is 5. The molecule has 0 fully saturated rings. The fourth-order valence-electron chi connectivity index (χ4n) is 1.73. The number of aromatic nitrogens is 1. The molecule has 0 bridgehead atoms. The van der Waals surface area contributed by atoms with Crippen LogP contribution in [0.2, 0.25) is 0 Å². The maximum absolute atomic E-state index is 11.7. The van der Waals surface area contributed by atoms with Crippen LogP contribution in [0, 0.1) is 6.92 Å². The second kappa shape index (κ2) is 7.20. The molecule has 0 aliphatic rings. The van der Waals surface area contributed by atoms with E-state index in [2.05, 4.69) is 26.2 Å². The minimum absolute atomic E-state index is 0.0400. The Labute approximate surface area is 135 Å². The molecule has 6 heteroatoms. The van der Waals surface area contributed by atoms with Gasteiger partial charge in [-0.05, 0) is 25.5 Å². The van der Waals surface area contributed by atoms with Gasteiger partial charge in [0.15, 0.2) is 5.13 Å². The Morgan fingerprint density at radius 1 is 1.40 bits per heavy atom. The lowest BCUT2D eigenvalue weighted by Gasteiger charge is -2.00. The predicted molar refractivity (Wildman–Crippen MR) is 88.6 cm³/mol. The number of hydrogen-bond acceptors (Lipinski definition) is 3. The van der Waals surface area contributed by atoms with Gasteiger partial charge in [-0.1, -0.05) is 28.1 Å². The van der Waals surface area contributed by atoms with Crippen molar-refractivity contribution in [2.24, 2.45) is 0 Å². The van der Waals surface area contributed by atoms with E-state index in [9.17, 15) is 4.79 Å². The number of carbonyl (C=O) groups is 1. The summed E-state index contributed by atoms with van der Waals surface area (Å²) in [5, 5.41) is 3.46. The maximum Gasteiger partial charge on any atom is 0.226 e. The van der Waals surface area contributed by atoms with Gasteiger partial charge >= 0.3 is 0 Å². The van der Waals surface area contributed by atoms with Crippen molar-refractivity contribution in [3.63, 3.8) is 0 Å². The van der Waals surface area contributed by atoms with Crippen molar-refractivity contribution >= 4 is 49.9 Å². The van der Waals surface area contributed by atoms with Crippen LogP contribution in [0.15, 0.2) is 28.7 Å². The molecule has 0 atom stereocenters. The highest BCUT2D eigenvalue weighted by Crippen LogP contribution is 2.31. The summed E-state index contributed by atoms with van der Waals surface area (Å²) in [6.07, 6.45) is 1.10. The molecule has 1 aromatic heterocycles. The minimum atomic E-state index is -0.0400. The third kappa shape index (κ3) is 4.04. The van der Waals surface area contributed by atoms with Gasteiger partial charge in [0.2, 0.25) is 5.91 Å². The summed E-state index contributed by atoms with van der Waals surface area (Å²) in [5.74, 6) is 0.454. The summed E-state index contributed by atoms with van der Waals surface area (Å²) >= 11 is 10.5. The van der Waals surface area contributed by atoms with Crippen LogP contribution in [0.1, 0.15) is 17.7 Å². The summed E-state index contributed by atoms with van der Waals surface area (Å²) in [4.78, 5) is 17.2. The first kappa shape index (κ1) is 15.5. The number of nitrogens with one attached hydrogen (secondary N) is 1. The summed E-state index contributed by atoms with van der Waals surface area (Å²) in [7, 11) is 0. The first-order chi connectivity index (χ1) is 9.60. The lowest BCUT2D eigenvalue weighted by Crippen LogP contribution is -2.10. The fraction of sp³-hybridized carbons (Fsp3) is 0.286. The van der Waals surface area contributed by atoms with E-state index in [0.29, 0.717) is 23.9 Å². The van der Waals surface area contributed by atoms with Crippen molar-refractivity contribution in [3.8, 4) is 11.3 Å². The molecule has 1 aromatic carbocycles. The van der Waals surface area contributed by atoms with Crippen LogP contribution < -0.4 is 5.32 Å². The van der Waals surface area contributed by atoms with Crippen molar-refractivity contribution in [1.29, 1.82) is 0 Å². The molecule has 0 saturated carbocycles. The molecule has 0 radical (unpaired) electrons. The number of anilines is 1. The monoisotopic (exact) mass is 372 g/mol. The topological polar surface area (TPSA) is 42.0 Å². The molecule has 106 valence electrons. The molecule has 1 amide bonds. The van der Waals surface area contributed by atoms with Crippen molar-refractivity contribution in [3.05, 3.63) is 33.6 Å². The van der Waals surface area contributed by atoms with Crippen LogP contribution in [-0.2, 0) is 4.79 Å². The first-order valence-corrected chi connectivity index (χ1v) is 8.33. The molecule has 2 aromatic rings. The molecule has 3 nitrogen and oxygen atoms in total. The van der Waals surface area contributed by atoms with Gasteiger partial charge in [-0.15, -0.1) is 22.9 Å². The van der Waals surface area contributed by atoms with Crippen LogP contribution in [0.25, 0.3) is 11.3 Å². The van der Waals surface area contributed by atoms with Crippen molar-refractivity contribution in [2.45, 2.75) is 19.8 Å². The Morgan fingerprint density at radius 3 is 2.75 bits per heavy atom. The zero-order valence-corrected chi connectivity index (χ0v) is 14.1. The Bertz CT molecular complexity index is 598. The van der Waals surface area contributed by atoms with E-state index < -0.39 is 0 Å². The Hall–Kier alpha value is -0.910. The highest BCUT2D eigenvalue weighted by atomic mass is 79.9. The van der Waals surface area contributed by atoms with Gasteiger partial charge in [0, 0.05) is 27.2 Å². The van der Waals surface area contributed by atoms with E-state index >= 15 is 0 Å². The number of carbonyl (C=O) groups excluding carboxylic acids is 1. The summed E-state index contributed by atoms with van der Waals surface area (Å²) in [6.45, 7) is 2.00. The third-order valence-electron chi connectivity index (χ3n) is 2.70. The Kier molecular flexibility index (Phi) is 5.57. The molecule has 20 heavy (non-hydrogen) atoms. The molecule has 1 N–H and O–H groups in total. The van der Waals surface area contributed by atoms with Gasteiger partial charge in [-0.25, -0.2) is 4.98 Å². The van der Waals surface area contributed by atoms with Crippen LogP contribution in [0.5, 0.6) is 0 Å². The summed E-state index contributed by atoms with van der Waals surface area (Å²) in [6, 6.07) is 7.97. The predicted octanol–water partition coefficient (Wildman–Crippen LogP) is 4.84. The van der Waals surface area contributed by atoms with Gasteiger partial charge in [0.1, 0.15) is 0 Å². The maximum atomic E-state index is 11.7. The third-order valence-corrected chi connectivity index (χ3v) is 4.38. The highest BCUT2D eigenvalue weighted by Gasteiger charge is 2.11. The molecular weight excluding hydrogens is 360 g/mol.